The summed E-state index contributed by atoms with van der Waals surface area (Å²) in [5, 5.41) is 0. The third kappa shape index (κ3) is 6.56. The fraction of sp³-hybridized carbons (Fsp3) is 0.562. The molecule has 118 valence electrons. The highest BCUT2D eigenvalue weighted by Gasteiger charge is 2.35. The van der Waals surface area contributed by atoms with E-state index in [1.165, 1.54) is 0 Å². The number of hydrogen-bond acceptors (Lipinski definition) is 4. The highest BCUT2D eigenvalue weighted by molar-refractivity contribution is 7.53. The third-order valence-electron chi connectivity index (χ3n) is 2.37. The van der Waals surface area contributed by atoms with Gasteiger partial charge in [-0.1, -0.05) is 24.3 Å². The highest BCUT2D eigenvalue weighted by Crippen LogP contribution is 2.57. The molecule has 0 fully saturated rings. The van der Waals surface area contributed by atoms with E-state index in [0.29, 0.717) is 11.1 Å². The molecule has 0 aromatic heterocycles. The third-order valence-corrected chi connectivity index (χ3v) is 4.75. The lowest BCUT2D eigenvalue weighted by molar-refractivity contribution is 0.0485. The standard InChI is InChI=1S/C16H25O4P/c1-15(2,3)19-21(18,20-16(4,5)6)12-14-10-8-7-9-13(14)11-17/h7-11H,12H2,1-6H3. The smallest absolute Gasteiger partial charge is 0.303 e. The molecule has 0 aliphatic carbocycles. The molecular formula is C16H25O4P. The zero-order valence-electron chi connectivity index (χ0n) is 13.7. The number of rotatable bonds is 5. The van der Waals surface area contributed by atoms with Crippen LogP contribution in [0.2, 0.25) is 0 Å². The Morgan fingerprint density at radius 3 is 1.90 bits per heavy atom. The van der Waals surface area contributed by atoms with Crippen LogP contribution in [0.3, 0.4) is 0 Å². The van der Waals surface area contributed by atoms with E-state index in [4.69, 9.17) is 9.05 Å². The monoisotopic (exact) mass is 312 g/mol. The Labute approximate surface area is 127 Å². The van der Waals surface area contributed by atoms with Crippen LogP contribution >= 0.6 is 7.60 Å². The zero-order chi connectivity index (χ0) is 16.3. The normalized spacial score (nSPS) is 13.2. The summed E-state index contributed by atoms with van der Waals surface area (Å²) in [6.45, 7) is 11.0. The molecule has 0 bridgehead atoms. The van der Waals surface area contributed by atoms with Crippen molar-refractivity contribution in [2.45, 2.75) is 58.9 Å². The van der Waals surface area contributed by atoms with E-state index >= 15 is 0 Å². The summed E-state index contributed by atoms with van der Waals surface area (Å²) in [6.07, 6.45) is 0.838. The molecule has 0 spiro atoms. The van der Waals surface area contributed by atoms with Crippen molar-refractivity contribution in [1.82, 2.24) is 0 Å². The fourth-order valence-electron chi connectivity index (χ4n) is 1.92. The molecule has 5 heteroatoms. The first-order valence-corrected chi connectivity index (χ1v) is 8.71. The van der Waals surface area contributed by atoms with Crippen molar-refractivity contribution in [2.75, 3.05) is 0 Å². The van der Waals surface area contributed by atoms with Crippen molar-refractivity contribution >= 4 is 13.9 Å². The van der Waals surface area contributed by atoms with Crippen molar-refractivity contribution in [3.63, 3.8) is 0 Å². The van der Waals surface area contributed by atoms with Crippen molar-refractivity contribution in [3.8, 4) is 0 Å². The van der Waals surface area contributed by atoms with E-state index < -0.39 is 18.8 Å². The number of aldehydes is 1. The Morgan fingerprint density at radius 2 is 1.48 bits per heavy atom. The van der Waals surface area contributed by atoms with Gasteiger partial charge >= 0.3 is 7.60 Å². The maximum Gasteiger partial charge on any atom is 0.336 e. The topological polar surface area (TPSA) is 52.6 Å². The molecule has 0 N–H and O–H groups in total. The summed E-state index contributed by atoms with van der Waals surface area (Å²) < 4.78 is 24.6. The lowest BCUT2D eigenvalue weighted by Crippen LogP contribution is -2.24. The maximum atomic E-state index is 13.1. The predicted octanol–water partition coefficient (Wildman–Crippen LogP) is 4.82. The molecule has 0 aliphatic heterocycles. The molecular weight excluding hydrogens is 287 g/mol. The van der Waals surface area contributed by atoms with E-state index in [-0.39, 0.29) is 6.16 Å². The lowest BCUT2D eigenvalue weighted by atomic mass is 10.1. The van der Waals surface area contributed by atoms with Crippen LogP contribution in [0.4, 0.5) is 0 Å². The largest absolute Gasteiger partial charge is 0.336 e. The van der Waals surface area contributed by atoms with Gasteiger partial charge in [-0.25, -0.2) is 0 Å². The average molecular weight is 312 g/mol. The molecule has 1 rings (SSSR count). The minimum atomic E-state index is -3.38. The Kier molecular flexibility index (Phi) is 5.54. The molecule has 0 saturated heterocycles. The second-order valence-corrected chi connectivity index (χ2v) is 8.90. The van der Waals surface area contributed by atoms with E-state index in [2.05, 4.69) is 0 Å². The number of hydrogen-bond donors (Lipinski definition) is 0. The van der Waals surface area contributed by atoms with Gasteiger partial charge in [0.15, 0.2) is 0 Å². The van der Waals surface area contributed by atoms with Gasteiger partial charge in [-0.15, -0.1) is 0 Å². The Morgan fingerprint density at radius 1 is 1.00 bits per heavy atom. The SMILES string of the molecule is CC(C)(C)OP(=O)(Cc1ccccc1C=O)OC(C)(C)C. The van der Waals surface area contributed by atoms with Gasteiger partial charge < -0.3 is 9.05 Å². The quantitative estimate of drug-likeness (QED) is 0.577. The van der Waals surface area contributed by atoms with Gasteiger partial charge in [-0.3, -0.25) is 9.36 Å². The van der Waals surface area contributed by atoms with Gasteiger partial charge in [0, 0.05) is 5.56 Å². The van der Waals surface area contributed by atoms with Crippen LogP contribution in [0, 0.1) is 0 Å². The minimum absolute atomic E-state index is 0.0798. The molecule has 0 heterocycles. The van der Waals surface area contributed by atoms with Gasteiger partial charge in [0.25, 0.3) is 0 Å². The van der Waals surface area contributed by atoms with Gasteiger partial charge in [0.05, 0.1) is 17.4 Å². The Hall–Kier alpha value is -0.960. The lowest BCUT2D eigenvalue weighted by Gasteiger charge is -2.32. The average Bonchev–Trinajstić information content (AvgIpc) is 2.23. The van der Waals surface area contributed by atoms with Crippen LogP contribution in [-0.4, -0.2) is 17.5 Å². The number of benzene rings is 1. The number of carbonyl (C=O) groups excluding carboxylic acids is 1. The summed E-state index contributed by atoms with van der Waals surface area (Å²) in [7, 11) is -3.38. The van der Waals surface area contributed by atoms with Crippen LogP contribution in [0.5, 0.6) is 0 Å². The molecule has 0 radical (unpaired) electrons. The van der Waals surface area contributed by atoms with Crippen molar-refractivity contribution in [2.24, 2.45) is 0 Å². The summed E-state index contributed by atoms with van der Waals surface area (Å²) in [6, 6.07) is 7.05. The van der Waals surface area contributed by atoms with Crippen LogP contribution < -0.4 is 0 Å². The first-order valence-electron chi connectivity index (χ1n) is 6.98. The first-order chi connectivity index (χ1) is 9.44. The molecule has 4 nitrogen and oxygen atoms in total. The van der Waals surface area contributed by atoms with Gasteiger partial charge in [0.1, 0.15) is 6.29 Å². The van der Waals surface area contributed by atoms with E-state index in [9.17, 15) is 9.36 Å². The van der Waals surface area contributed by atoms with E-state index in [1.54, 1.807) is 24.3 Å². The zero-order valence-corrected chi connectivity index (χ0v) is 14.6. The molecule has 1 aromatic rings. The molecule has 0 unspecified atom stereocenters. The van der Waals surface area contributed by atoms with Gasteiger partial charge in [-0.2, -0.15) is 0 Å². The summed E-state index contributed by atoms with van der Waals surface area (Å²) in [4.78, 5) is 11.1. The summed E-state index contributed by atoms with van der Waals surface area (Å²) >= 11 is 0. The van der Waals surface area contributed by atoms with Crippen LogP contribution in [0.15, 0.2) is 24.3 Å². The maximum absolute atomic E-state index is 13.1. The molecule has 21 heavy (non-hydrogen) atoms. The van der Waals surface area contributed by atoms with Crippen molar-refractivity contribution < 1.29 is 18.4 Å². The Balaban J connectivity index is 3.13. The number of carbonyl (C=O) groups is 1. The van der Waals surface area contributed by atoms with Crippen LogP contribution in [0.1, 0.15) is 57.5 Å². The van der Waals surface area contributed by atoms with Gasteiger partial charge in [-0.05, 0) is 47.1 Å². The highest BCUT2D eigenvalue weighted by atomic mass is 31.2. The molecule has 1 aromatic carbocycles. The van der Waals surface area contributed by atoms with Crippen LogP contribution in [-0.2, 0) is 19.8 Å². The van der Waals surface area contributed by atoms with E-state index in [0.717, 1.165) is 6.29 Å². The molecule has 0 amide bonds. The molecule has 0 aliphatic rings. The molecule has 0 atom stereocenters. The minimum Gasteiger partial charge on any atom is -0.303 e. The summed E-state index contributed by atoms with van der Waals surface area (Å²) in [5.74, 6) is 0. The van der Waals surface area contributed by atoms with E-state index in [1.807, 2.05) is 41.5 Å². The summed E-state index contributed by atoms with van der Waals surface area (Å²) in [5.41, 5.74) is -0.0227. The van der Waals surface area contributed by atoms with Crippen molar-refractivity contribution in [3.05, 3.63) is 35.4 Å². The molecule has 0 saturated carbocycles. The predicted molar refractivity (Wildman–Crippen MR) is 84.8 cm³/mol. The van der Waals surface area contributed by atoms with Gasteiger partial charge in [0.2, 0.25) is 0 Å². The first kappa shape index (κ1) is 18.1. The fourth-order valence-corrected chi connectivity index (χ4v) is 4.46. The Bertz CT molecular complexity index is 518. The second-order valence-electron chi connectivity index (χ2n) is 6.99. The second kappa shape index (κ2) is 6.43. The van der Waals surface area contributed by atoms with Crippen LogP contribution in [0.25, 0.3) is 0 Å². The van der Waals surface area contributed by atoms with Crippen molar-refractivity contribution in [1.29, 1.82) is 0 Å².